The molecule has 0 fully saturated rings. The number of benzene rings is 2. The monoisotopic (exact) mass is 304 g/mol. The predicted octanol–water partition coefficient (Wildman–Crippen LogP) is 3.60. The molecule has 4 nitrogen and oxygen atoms in total. The standard InChI is InChI=1S/C19H16N2O2/c1-13-7-9-14(10-8-13)17-12-11-16(19(23)21-17)18(22)20-15-5-3-2-4-6-15/h2-12H,1H3,(H,20,22)(H,21,23). The summed E-state index contributed by atoms with van der Waals surface area (Å²) in [5, 5.41) is 2.71. The Morgan fingerprint density at radius 2 is 1.61 bits per heavy atom. The van der Waals surface area contributed by atoms with Gasteiger partial charge in [-0.1, -0.05) is 48.0 Å². The zero-order chi connectivity index (χ0) is 16.2. The Morgan fingerprint density at radius 3 is 2.26 bits per heavy atom. The Labute approximate surface area is 133 Å². The Balaban J connectivity index is 1.86. The van der Waals surface area contributed by atoms with Gasteiger partial charge in [-0.3, -0.25) is 9.59 Å². The van der Waals surface area contributed by atoms with E-state index in [9.17, 15) is 9.59 Å². The average Bonchev–Trinajstić information content (AvgIpc) is 2.56. The second-order valence-corrected chi connectivity index (χ2v) is 5.30. The molecule has 0 saturated heterocycles. The molecule has 3 aromatic rings. The van der Waals surface area contributed by atoms with Crippen LogP contribution in [0.3, 0.4) is 0 Å². The van der Waals surface area contributed by atoms with Crippen molar-refractivity contribution in [1.82, 2.24) is 4.98 Å². The Kier molecular flexibility index (Phi) is 4.06. The number of H-pyrrole nitrogens is 1. The number of anilines is 1. The second-order valence-electron chi connectivity index (χ2n) is 5.30. The Bertz CT molecular complexity index is 881. The molecule has 0 aliphatic rings. The number of aromatic nitrogens is 1. The van der Waals surface area contributed by atoms with Gasteiger partial charge in [-0.2, -0.15) is 0 Å². The average molecular weight is 304 g/mol. The maximum atomic E-state index is 12.2. The molecule has 0 aliphatic heterocycles. The maximum absolute atomic E-state index is 12.2. The van der Waals surface area contributed by atoms with Gasteiger partial charge in [0, 0.05) is 11.4 Å². The molecule has 0 aliphatic carbocycles. The van der Waals surface area contributed by atoms with Gasteiger partial charge in [0.25, 0.3) is 11.5 Å². The highest BCUT2D eigenvalue weighted by Crippen LogP contribution is 2.16. The largest absolute Gasteiger partial charge is 0.322 e. The number of para-hydroxylation sites is 1. The van der Waals surface area contributed by atoms with E-state index in [1.54, 1.807) is 24.3 Å². The summed E-state index contributed by atoms with van der Waals surface area (Å²) in [6.07, 6.45) is 0. The Hall–Kier alpha value is -3.14. The van der Waals surface area contributed by atoms with Crippen LogP contribution in [0.4, 0.5) is 5.69 Å². The lowest BCUT2D eigenvalue weighted by molar-refractivity contribution is 0.102. The van der Waals surface area contributed by atoms with E-state index < -0.39 is 11.5 Å². The van der Waals surface area contributed by atoms with E-state index in [4.69, 9.17) is 0 Å². The summed E-state index contributed by atoms with van der Waals surface area (Å²) >= 11 is 0. The van der Waals surface area contributed by atoms with E-state index in [1.165, 1.54) is 0 Å². The molecule has 3 rings (SSSR count). The molecular weight excluding hydrogens is 288 g/mol. The van der Waals surface area contributed by atoms with Crippen LogP contribution in [-0.2, 0) is 0 Å². The molecule has 0 saturated carbocycles. The number of aromatic amines is 1. The number of pyridine rings is 1. The zero-order valence-electron chi connectivity index (χ0n) is 12.7. The number of amides is 1. The summed E-state index contributed by atoms with van der Waals surface area (Å²) in [5.74, 6) is -0.423. The first-order chi connectivity index (χ1) is 11.1. The minimum Gasteiger partial charge on any atom is -0.322 e. The summed E-state index contributed by atoms with van der Waals surface area (Å²) in [7, 11) is 0. The van der Waals surface area contributed by atoms with Gasteiger partial charge in [0.1, 0.15) is 5.56 Å². The van der Waals surface area contributed by atoms with Gasteiger partial charge >= 0.3 is 0 Å². The summed E-state index contributed by atoms with van der Waals surface area (Å²) in [6, 6.07) is 20.2. The number of carbonyl (C=O) groups is 1. The zero-order valence-corrected chi connectivity index (χ0v) is 12.7. The topological polar surface area (TPSA) is 62.0 Å². The van der Waals surface area contributed by atoms with Gasteiger partial charge in [0.2, 0.25) is 0 Å². The highest BCUT2D eigenvalue weighted by molar-refractivity contribution is 6.04. The van der Waals surface area contributed by atoms with Crippen LogP contribution in [0.2, 0.25) is 0 Å². The van der Waals surface area contributed by atoms with Crippen molar-refractivity contribution in [3.63, 3.8) is 0 Å². The van der Waals surface area contributed by atoms with Gasteiger partial charge in [0.05, 0.1) is 0 Å². The highest BCUT2D eigenvalue weighted by atomic mass is 16.2. The second kappa shape index (κ2) is 6.32. The van der Waals surface area contributed by atoms with E-state index in [-0.39, 0.29) is 5.56 Å². The summed E-state index contributed by atoms with van der Waals surface area (Å²) in [6.45, 7) is 2.00. The van der Waals surface area contributed by atoms with Gasteiger partial charge in [-0.25, -0.2) is 0 Å². The normalized spacial score (nSPS) is 10.3. The predicted molar refractivity (Wildman–Crippen MR) is 91.6 cm³/mol. The van der Waals surface area contributed by atoms with Crippen LogP contribution in [0.5, 0.6) is 0 Å². The van der Waals surface area contributed by atoms with Crippen molar-refractivity contribution in [2.45, 2.75) is 6.92 Å². The molecule has 0 unspecified atom stereocenters. The lowest BCUT2D eigenvalue weighted by Gasteiger charge is -2.06. The lowest BCUT2D eigenvalue weighted by atomic mass is 10.1. The first-order valence-corrected chi connectivity index (χ1v) is 7.30. The van der Waals surface area contributed by atoms with Gasteiger partial charge in [-0.15, -0.1) is 0 Å². The van der Waals surface area contributed by atoms with E-state index >= 15 is 0 Å². The summed E-state index contributed by atoms with van der Waals surface area (Å²) < 4.78 is 0. The highest BCUT2D eigenvalue weighted by Gasteiger charge is 2.11. The smallest absolute Gasteiger partial charge is 0.261 e. The fourth-order valence-corrected chi connectivity index (χ4v) is 2.27. The quantitative estimate of drug-likeness (QED) is 0.776. The summed E-state index contributed by atoms with van der Waals surface area (Å²) in [4.78, 5) is 27.2. The minimum atomic E-state index is -0.423. The number of nitrogens with one attached hydrogen (secondary N) is 2. The fraction of sp³-hybridized carbons (Fsp3) is 0.0526. The van der Waals surface area contributed by atoms with E-state index in [2.05, 4.69) is 10.3 Å². The molecule has 4 heteroatoms. The van der Waals surface area contributed by atoms with Crippen LogP contribution < -0.4 is 10.9 Å². The van der Waals surface area contributed by atoms with Crippen molar-refractivity contribution < 1.29 is 4.79 Å². The van der Waals surface area contributed by atoms with Gasteiger partial charge < -0.3 is 10.3 Å². The summed E-state index contributed by atoms with van der Waals surface area (Å²) in [5.41, 5.74) is 3.07. The number of hydrogen-bond acceptors (Lipinski definition) is 2. The molecule has 23 heavy (non-hydrogen) atoms. The number of carbonyl (C=O) groups excluding carboxylic acids is 1. The Morgan fingerprint density at radius 1 is 0.913 bits per heavy atom. The third-order valence-electron chi connectivity index (χ3n) is 3.55. The SMILES string of the molecule is Cc1ccc(-c2ccc(C(=O)Nc3ccccc3)c(=O)[nH]2)cc1. The molecule has 1 amide bonds. The van der Waals surface area contributed by atoms with Crippen molar-refractivity contribution in [1.29, 1.82) is 0 Å². The van der Waals surface area contributed by atoms with Crippen molar-refractivity contribution >= 4 is 11.6 Å². The molecule has 0 spiro atoms. The van der Waals surface area contributed by atoms with Gasteiger partial charge in [0.15, 0.2) is 0 Å². The molecule has 0 bridgehead atoms. The van der Waals surface area contributed by atoms with Crippen LogP contribution in [0, 0.1) is 6.92 Å². The lowest BCUT2D eigenvalue weighted by Crippen LogP contribution is -2.23. The fourth-order valence-electron chi connectivity index (χ4n) is 2.27. The molecule has 1 aromatic heterocycles. The van der Waals surface area contributed by atoms with Crippen molar-refractivity contribution in [3.05, 3.63) is 88.2 Å². The number of aryl methyl sites for hydroxylation is 1. The molecule has 114 valence electrons. The molecule has 2 aromatic carbocycles. The molecule has 1 heterocycles. The maximum Gasteiger partial charge on any atom is 0.261 e. The van der Waals surface area contributed by atoms with Crippen LogP contribution in [0.1, 0.15) is 15.9 Å². The first-order valence-electron chi connectivity index (χ1n) is 7.30. The van der Waals surface area contributed by atoms with Crippen LogP contribution in [0.15, 0.2) is 71.5 Å². The van der Waals surface area contributed by atoms with E-state index in [0.717, 1.165) is 11.1 Å². The van der Waals surface area contributed by atoms with E-state index in [1.807, 2.05) is 49.4 Å². The first kappa shape index (κ1) is 14.8. The van der Waals surface area contributed by atoms with Crippen LogP contribution in [0.25, 0.3) is 11.3 Å². The van der Waals surface area contributed by atoms with Crippen molar-refractivity contribution in [2.75, 3.05) is 5.32 Å². The molecule has 2 N–H and O–H groups in total. The number of hydrogen-bond donors (Lipinski definition) is 2. The van der Waals surface area contributed by atoms with E-state index in [0.29, 0.717) is 11.4 Å². The minimum absolute atomic E-state index is 0.0877. The van der Waals surface area contributed by atoms with Crippen LogP contribution in [-0.4, -0.2) is 10.9 Å². The number of rotatable bonds is 3. The van der Waals surface area contributed by atoms with Crippen molar-refractivity contribution in [2.24, 2.45) is 0 Å². The van der Waals surface area contributed by atoms with Crippen molar-refractivity contribution in [3.8, 4) is 11.3 Å². The van der Waals surface area contributed by atoms with Gasteiger partial charge in [-0.05, 0) is 36.8 Å². The molecule has 0 atom stereocenters. The third kappa shape index (κ3) is 3.37. The van der Waals surface area contributed by atoms with Crippen LogP contribution >= 0.6 is 0 Å². The third-order valence-corrected chi connectivity index (χ3v) is 3.55. The molecule has 0 radical (unpaired) electrons. The molecular formula is C19H16N2O2.